The fourth-order valence-corrected chi connectivity index (χ4v) is 2.49. The highest BCUT2D eigenvalue weighted by molar-refractivity contribution is 8.93. The van der Waals surface area contributed by atoms with Crippen molar-refractivity contribution in [3.63, 3.8) is 0 Å². The first-order valence-electron chi connectivity index (χ1n) is 4.22. The number of hydrogen-bond acceptors (Lipinski definition) is 5. The van der Waals surface area contributed by atoms with Gasteiger partial charge in [-0.2, -0.15) is 11.8 Å². The van der Waals surface area contributed by atoms with Gasteiger partial charge in [0, 0.05) is 30.0 Å². The molecule has 1 rings (SSSR count). The first-order valence-corrected chi connectivity index (χ1v) is 6.26. The number of nitrogens with one attached hydrogen (secondary N) is 1. The molecule has 0 fully saturated rings. The van der Waals surface area contributed by atoms with Crippen LogP contribution in [-0.2, 0) is 12.3 Å². The molecule has 0 atom stereocenters. The van der Waals surface area contributed by atoms with Crippen LogP contribution in [0.5, 0.6) is 0 Å². The lowest BCUT2D eigenvalue weighted by atomic mass is 10.6. The average Bonchev–Trinajstić information content (AvgIpc) is 2.54. The van der Waals surface area contributed by atoms with Gasteiger partial charge in [-0.05, 0) is 7.05 Å². The molecule has 16 heavy (non-hydrogen) atoms. The highest BCUT2D eigenvalue weighted by Gasteiger charge is 2.00. The zero-order chi connectivity index (χ0) is 9.52. The molecule has 0 bridgehead atoms. The van der Waals surface area contributed by atoms with E-state index in [1.165, 1.54) is 5.69 Å². The minimum Gasteiger partial charge on any atom is -0.330 e. The summed E-state index contributed by atoms with van der Waals surface area (Å²) in [5, 5.41) is 6.37. The molecule has 3 nitrogen and oxygen atoms in total. The van der Waals surface area contributed by atoms with Crippen molar-refractivity contribution in [3.8, 4) is 0 Å². The summed E-state index contributed by atoms with van der Waals surface area (Å²) in [4.78, 5) is 4.47. The van der Waals surface area contributed by atoms with Gasteiger partial charge in [0.1, 0.15) is 5.01 Å². The van der Waals surface area contributed by atoms with E-state index in [1.54, 1.807) is 11.3 Å². The van der Waals surface area contributed by atoms with Gasteiger partial charge in [-0.15, -0.1) is 62.3 Å². The Morgan fingerprint density at radius 1 is 1.44 bits per heavy atom. The predicted octanol–water partition coefficient (Wildman–Crippen LogP) is 2.79. The maximum atomic E-state index is 5.40. The van der Waals surface area contributed by atoms with E-state index in [-0.39, 0.29) is 50.9 Å². The second-order valence-corrected chi connectivity index (χ2v) is 4.65. The molecule has 8 heteroatoms. The molecule has 0 aliphatic heterocycles. The van der Waals surface area contributed by atoms with Crippen molar-refractivity contribution in [3.05, 3.63) is 16.1 Å². The molecule has 0 amide bonds. The zero-order valence-corrected chi connectivity index (χ0v) is 15.7. The van der Waals surface area contributed by atoms with Gasteiger partial charge in [0.2, 0.25) is 0 Å². The summed E-state index contributed by atoms with van der Waals surface area (Å²) in [6.07, 6.45) is 0. The molecule has 1 aromatic heterocycles. The van der Waals surface area contributed by atoms with Crippen LogP contribution in [0.1, 0.15) is 10.7 Å². The van der Waals surface area contributed by atoms with Gasteiger partial charge in [0.05, 0.1) is 5.69 Å². The third-order valence-electron chi connectivity index (χ3n) is 1.44. The minimum atomic E-state index is 0. The minimum absolute atomic E-state index is 0. The van der Waals surface area contributed by atoms with Gasteiger partial charge >= 0.3 is 0 Å². The molecule has 0 saturated heterocycles. The molecule has 1 heterocycles. The Morgan fingerprint density at radius 3 is 2.69 bits per heavy atom. The Morgan fingerprint density at radius 2 is 2.12 bits per heavy atom. The molecule has 0 radical (unpaired) electrons. The summed E-state index contributed by atoms with van der Waals surface area (Å²) in [6.45, 7) is 1.62. The number of thiazole rings is 1. The SMILES string of the molecule is Br.Br.Br.CNCc1nc(CSCCN)cs1. The van der Waals surface area contributed by atoms with Crippen LogP contribution in [0.2, 0.25) is 0 Å². The van der Waals surface area contributed by atoms with Crippen molar-refractivity contribution < 1.29 is 0 Å². The lowest BCUT2D eigenvalue weighted by molar-refractivity contribution is 0.807. The van der Waals surface area contributed by atoms with E-state index in [4.69, 9.17) is 5.73 Å². The molecule has 0 saturated carbocycles. The Bertz CT molecular complexity index is 248. The van der Waals surface area contributed by atoms with E-state index in [0.29, 0.717) is 0 Å². The number of thioether (sulfide) groups is 1. The van der Waals surface area contributed by atoms with Crippen LogP contribution in [0.4, 0.5) is 0 Å². The fourth-order valence-electron chi connectivity index (χ4n) is 0.908. The van der Waals surface area contributed by atoms with E-state index < -0.39 is 0 Å². The Kier molecular flexibility index (Phi) is 20.3. The molecule has 3 N–H and O–H groups in total. The van der Waals surface area contributed by atoms with Crippen LogP contribution < -0.4 is 11.1 Å². The maximum Gasteiger partial charge on any atom is 0.107 e. The topological polar surface area (TPSA) is 50.9 Å². The highest BCUT2D eigenvalue weighted by Crippen LogP contribution is 2.15. The van der Waals surface area contributed by atoms with E-state index in [0.717, 1.165) is 29.6 Å². The lowest BCUT2D eigenvalue weighted by Crippen LogP contribution is -2.04. The Labute approximate surface area is 137 Å². The van der Waals surface area contributed by atoms with E-state index in [1.807, 2.05) is 18.8 Å². The third-order valence-corrected chi connectivity index (χ3v) is 3.36. The molecule has 0 unspecified atom stereocenters. The number of nitrogens with two attached hydrogens (primary N) is 1. The molecule has 0 aliphatic carbocycles. The maximum absolute atomic E-state index is 5.40. The fraction of sp³-hybridized carbons (Fsp3) is 0.625. The van der Waals surface area contributed by atoms with Crippen molar-refractivity contribution >= 4 is 74.0 Å². The molecular weight excluding hydrogens is 442 g/mol. The molecular formula is C8H18Br3N3S2. The second-order valence-electron chi connectivity index (χ2n) is 2.60. The summed E-state index contributed by atoms with van der Waals surface area (Å²) in [6, 6.07) is 0. The first kappa shape index (κ1) is 22.5. The van der Waals surface area contributed by atoms with Crippen LogP contribution in [0.25, 0.3) is 0 Å². The van der Waals surface area contributed by atoms with Gasteiger partial charge in [-0.25, -0.2) is 4.98 Å². The van der Waals surface area contributed by atoms with Crippen LogP contribution in [-0.4, -0.2) is 24.3 Å². The smallest absolute Gasteiger partial charge is 0.107 e. The normalized spacial score (nSPS) is 8.62. The summed E-state index contributed by atoms with van der Waals surface area (Å²) in [5.41, 5.74) is 6.57. The van der Waals surface area contributed by atoms with Crippen molar-refractivity contribution in [2.45, 2.75) is 12.3 Å². The van der Waals surface area contributed by atoms with Crippen molar-refractivity contribution in [1.82, 2.24) is 10.3 Å². The summed E-state index contributed by atoms with van der Waals surface area (Å²) >= 11 is 3.55. The number of halogens is 3. The van der Waals surface area contributed by atoms with E-state index >= 15 is 0 Å². The lowest BCUT2D eigenvalue weighted by Gasteiger charge is -1.95. The first-order chi connectivity index (χ1) is 6.36. The van der Waals surface area contributed by atoms with Gasteiger partial charge in [0.15, 0.2) is 0 Å². The van der Waals surface area contributed by atoms with Crippen LogP contribution in [0.3, 0.4) is 0 Å². The molecule has 1 aromatic rings. The third kappa shape index (κ3) is 9.38. The summed E-state index contributed by atoms with van der Waals surface area (Å²) in [7, 11) is 1.93. The van der Waals surface area contributed by atoms with Gasteiger partial charge in [0.25, 0.3) is 0 Å². The number of rotatable bonds is 6. The summed E-state index contributed by atoms with van der Waals surface area (Å²) < 4.78 is 0. The van der Waals surface area contributed by atoms with Crippen molar-refractivity contribution in [2.24, 2.45) is 5.73 Å². The van der Waals surface area contributed by atoms with Crippen molar-refractivity contribution in [2.75, 3.05) is 19.3 Å². The van der Waals surface area contributed by atoms with Gasteiger partial charge in [-0.1, -0.05) is 0 Å². The van der Waals surface area contributed by atoms with Crippen LogP contribution in [0.15, 0.2) is 5.38 Å². The number of nitrogens with zero attached hydrogens (tertiary/aromatic N) is 1. The standard InChI is InChI=1S/C8H15N3S2.3BrH/c1-10-4-8-11-7(6-13-8)5-12-3-2-9;;;/h6,10H,2-5,9H2,1H3;3*1H. The highest BCUT2D eigenvalue weighted by atomic mass is 79.9. The second kappa shape index (κ2) is 14.4. The number of hydrogen-bond donors (Lipinski definition) is 2. The van der Waals surface area contributed by atoms with Crippen LogP contribution >= 0.6 is 74.0 Å². The van der Waals surface area contributed by atoms with Crippen LogP contribution in [0, 0.1) is 0 Å². The van der Waals surface area contributed by atoms with Crippen molar-refractivity contribution in [1.29, 1.82) is 0 Å². The molecule has 0 spiro atoms. The quantitative estimate of drug-likeness (QED) is 0.642. The Balaban J connectivity index is -0.000000563. The molecule has 0 aliphatic rings. The predicted molar refractivity (Wildman–Crippen MR) is 91.1 cm³/mol. The summed E-state index contributed by atoms with van der Waals surface area (Å²) in [5.74, 6) is 2.00. The molecule has 98 valence electrons. The monoisotopic (exact) mass is 457 g/mol. The molecule has 0 aromatic carbocycles. The van der Waals surface area contributed by atoms with E-state index in [2.05, 4.69) is 15.7 Å². The van der Waals surface area contributed by atoms with Gasteiger partial charge in [-0.3, -0.25) is 0 Å². The Hall–Kier alpha value is 1.34. The number of aromatic nitrogens is 1. The zero-order valence-electron chi connectivity index (χ0n) is 8.97. The van der Waals surface area contributed by atoms with E-state index in [9.17, 15) is 0 Å². The van der Waals surface area contributed by atoms with Gasteiger partial charge < -0.3 is 11.1 Å². The largest absolute Gasteiger partial charge is 0.330 e. The average molecular weight is 460 g/mol.